The average Bonchev–Trinajstić information content (AvgIpc) is 2.85. The van der Waals surface area contributed by atoms with Crippen molar-refractivity contribution in [1.82, 2.24) is 9.55 Å². The molecule has 2 heterocycles. The van der Waals surface area contributed by atoms with Crippen LogP contribution in [0.2, 0.25) is 0 Å². The number of terminal acetylenes is 1. The van der Waals surface area contributed by atoms with Crippen LogP contribution in [0.15, 0.2) is 23.0 Å². The highest BCUT2D eigenvalue weighted by Gasteiger charge is 2.16. The molecular weight excluding hydrogens is 228 g/mol. The Morgan fingerprint density at radius 3 is 3.22 bits per heavy atom. The summed E-state index contributed by atoms with van der Waals surface area (Å²) in [7, 11) is 0. The Balaban J connectivity index is 2.17. The van der Waals surface area contributed by atoms with E-state index in [1.165, 1.54) is 0 Å². The average molecular weight is 240 g/mol. The van der Waals surface area contributed by atoms with Gasteiger partial charge >= 0.3 is 0 Å². The monoisotopic (exact) mass is 240 g/mol. The Bertz CT molecular complexity index is 710. The van der Waals surface area contributed by atoms with E-state index in [-0.39, 0.29) is 12.2 Å². The van der Waals surface area contributed by atoms with Crippen LogP contribution in [0.25, 0.3) is 10.9 Å². The molecule has 90 valence electrons. The van der Waals surface area contributed by atoms with Gasteiger partial charge in [-0.2, -0.15) is 0 Å². The van der Waals surface area contributed by atoms with Crippen LogP contribution in [-0.4, -0.2) is 16.2 Å². The molecule has 4 heteroatoms. The van der Waals surface area contributed by atoms with Crippen LogP contribution in [0.4, 0.5) is 0 Å². The van der Waals surface area contributed by atoms with Gasteiger partial charge < -0.3 is 4.74 Å². The Kier molecular flexibility index (Phi) is 2.52. The molecule has 0 bridgehead atoms. The first kappa shape index (κ1) is 10.8. The minimum Gasteiger partial charge on any atom is -0.481 e. The van der Waals surface area contributed by atoms with Crippen LogP contribution < -0.4 is 10.3 Å². The summed E-state index contributed by atoms with van der Waals surface area (Å²) < 4.78 is 7.07. The van der Waals surface area contributed by atoms with Gasteiger partial charge in [0.05, 0.1) is 10.9 Å². The van der Waals surface area contributed by atoms with Crippen LogP contribution in [0.5, 0.6) is 5.75 Å². The lowest BCUT2D eigenvalue weighted by Gasteiger charge is -2.07. The summed E-state index contributed by atoms with van der Waals surface area (Å²) in [5.74, 6) is 3.89. The molecule has 0 N–H and O–H groups in total. The molecule has 3 rings (SSSR count). The van der Waals surface area contributed by atoms with Crippen molar-refractivity contribution < 1.29 is 4.74 Å². The minimum atomic E-state index is 0.0126. The largest absolute Gasteiger partial charge is 0.481 e. The van der Waals surface area contributed by atoms with E-state index in [2.05, 4.69) is 10.9 Å². The van der Waals surface area contributed by atoms with Crippen molar-refractivity contribution in [2.75, 3.05) is 6.61 Å². The van der Waals surface area contributed by atoms with Gasteiger partial charge in [-0.3, -0.25) is 9.36 Å². The zero-order valence-corrected chi connectivity index (χ0v) is 9.85. The summed E-state index contributed by atoms with van der Waals surface area (Å²) >= 11 is 0. The number of nitrogens with zero attached hydrogens (tertiary/aromatic N) is 2. The van der Waals surface area contributed by atoms with E-state index in [4.69, 9.17) is 11.2 Å². The summed E-state index contributed by atoms with van der Waals surface area (Å²) in [4.78, 5) is 16.8. The zero-order valence-electron chi connectivity index (χ0n) is 9.85. The highest BCUT2D eigenvalue weighted by molar-refractivity contribution is 5.79. The van der Waals surface area contributed by atoms with Gasteiger partial charge in [0.1, 0.15) is 18.2 Å². The molecular formula is C14H12N2O2. The van der Waals surface area contributed by atoms with E-state index >= 15 is 0 Å². The first-order valence-corrected chi connectivity index (χ1v) is 5.89. The standard InChI is InChI=1S/C14H12N2O2/c1-2-8-18-10-5-6-12-11(9-10)14(17)16-7-3-4-13(16)15-12/h1,5-6,9H,3-4,7-8H2. The fourth-order valence-corrected chi connectivity index (χ4v) is 2.28. The van der Waals surface area contributed by atoms with Crippen molar-refractivity contribution in [1.29, 1.82) is 0 Å². The maximum Gasteiger partial charge on any atom is 0.261 e. The topological polar surface area (TPSA) is 44.1 Å². The maximum absolute atomic E-state index is 12.3. The molecule has 1 aliphatic rings. The molecule has 0 fully saturated rings. The SMILES string of the molecule is C#CCOc1ccc2nc3n(c(=O)c2c1)CCC3. The second-order valence-corrected chi connectivity index (χ2v) is 4.26. The van der Waals surface area contributed by atoms with Crippen molar-refractivity contribution >= 4 is 10.9 Å². The minimum absolute atomic E-state index is 0.0126. The molecule has 0 spiro atoms. The van der Waals surface area contributed by atoms with Crippen molar-refractivity contribution in [2.45, 2.75) is 19.4 Å². The first-order chi connectivity index (χ1) is 8.79. The summed E-state index contributed by atoms with van der Waals surface area (Å²) in [6.45, 7) is 0.956. The number of ether oxygens (including phenoxy) is 1. The van der Waals surface area contributed by atoms with E-state index in [0.717, 1.165) is 30.7 Å². The van der Waals surface area contributed by atoms with E-state index < -0.39 is 0 Å². The van der Waals surface area contributed by atoms with Gasteiger partial charge in [-0.1, -0.05) is 5.92 Å². The molecule has 1 aromatic carbocycles. The van der Waals surface area contributed by atoms with Gasteiger partial charge in [-0.25, -0.2) is 4.98 Å². The second-order valence-electron chi connectivity index (χ2n) is 4.26. The van der Waals surface area contributed by atoms with Crippen LogP contribution in [0.3, 0.4) is 0 Å². The van der Waals surface area contributed by atoms with Gasteiger partial charge in [0, 0.05) is 13.0 Å². The molecule has 0 unspecified atom stereocenters. The number of benzene rings is 1. The van der Waals surface area contributed by atoms with Gasteiger partial charge in [0.25, 0.3) is 5.56 Å². The number of fused-ring (bicyclic) bond motifs is 2. The molecule has 0 saturated heterocycles. The first-order valence-electron chi connectivity index (χ1n) is 5.89. The molecule has 0 amide bonds. The lowest BCUT2D eigenvalue weighted by atomic mass is 10.2. The van der Waals surface area contributed by atoms with Crippen LogP contribution in [-0.2, 0) is 13.0 Å². The summed E-state index contributed by atoms with van der Waals surface area (Å²) in [5, 5.41) is 0.593. The molecule has 18 heavy (non-hydrogen) atoms. The molecule has 0 atom stereocenters. The van der Waals surface area contributed by atoms with Gasteiger partial charge in [-0.15, -0.1) is 6.42 Å². The Labute approximate surface area is 104 Å². The molecule has 0 aliphatic carbocycles. The predicted molar refractivity (Wildman–Crippen MR) is 68.7 cm³/mol. The van der Waals surface area contributed by atoms with Crippen LogP contribution in [0.1, 0.15) is 12.2 Å². The number of aryl methyl sites for hydroxylation is 1. The zero-order chi connectivity index (χ0) is 12.5. The fourth-order valence-electron chi connectivity index (χ4n) is 2.28. The number of hydrogen-bond donors (Lipinski definition) is 0. The van der Waals surface area contributed by atoms with E-state index in [1.807, 2.05) is 6.07 Å². The van der Waals surface area contributed by atoms with Crippen molar-refractivity contribution in [3.8, 4) is 18.1 Å². The molecule has 1 aliphatic heterocycles. The smallest absolute Gasteiger partial charge is 0.261 e. The fraction of sp³-hybridized carbons (Fsp3) is 0.286. The second kappa shape index (κ2) is 4.19. The third kappa shape index (κ3) is 1.65. The van der Waals surface area contributed by atoms with Crippen molar-refractivity contribution in [2.24, 2.45) is 0 Å². The van der Waals surface area contributed by atoms with Crippen molar-refractivity contribution in [3.63, 3.8) is 0 Å². The Morgan fingerprint density at radius 2 is 2.39 bits per heavy atom. The van der Waals surface area contributed by atoms with Crippen LogP contribution in [0, 0.1) is 12.3 Å². The van der Waals surface area contributed by atoms with E-state index in [0.29, 0.717) is 11.1 Å². The summed E-state index contributed by atoms with van der Waals surface area (Å²) in [6.07, 6.45) is 7.00. The highest BCUT2D eigenvalue weighted by atomic mass is 16.5. The van der Waals surface area contributed by atoms with Crippen molar-refractivity contribution in [3.05, 3.63) is 34.4 Å². The lowest BCUT2D eigenvalue weighted by Crippen LogP contribution is -2.20. The lowest BCUT2D eigenvalue weighted by molar-refractivity contribution is 0.371. The Hall–Kier alpha value is -2.28. The number of hydrogen-bond acceptors (Lipinski definition) is 3. The van der Waals surface area contributed by atoms with Gasteiger partial charge in [0.2, 0.25) is 0 Å². The predicted octanol–water partition coefficient (Wildman–Crippen LogP) is 1.35. The number of rotatable bonds is 2. The molecule has 0 saturated carbocycles. The van der Waals surface area contributed by atoms with E-state index in [1.54, 1.807) is 16.7 Å². The maximum atomic E-state index is 12.3. The molecule has 0 radical (unpaired) electrons. The molecule has 4 nitrogen and oxygen atoms in total. The quantitative estimate of drug-likeness (QED) is 0.744. The van der Waals surface area contributed by atoms with Crippen LogP contribution >= 0.6 is 0 Å². The molecule has 1 aromatic heterocycles. The third-order valence-corrected chi connectivity index (χ3v) is 3.11. The summed E-state index contributed by atoms with van der Waals surface area (Å²) in [6, 6.07) is 5.31. The molecule has 2 aromatic rings. The normalized spacial score (nSPS) is 13.3. The Morgan fingerprint density at radius 1 is 1.50 bits per heavy atom. The third-order valence-electron chi connectivity index (χ3n) is 3.11. The number of aromatic nitrogens is 2. The summed E-state index contributed by atoms with van der Waals surface area (Å²) in [5.41, 5.74) is 0.736. The van der Waals surface area contributed by atoms with Gasteiger partial charge in [-0.05, 0) is 24.6 Å². The highest BCUT2D eigenvalue weighted by Crippen LogP contribution is 2.19. The van der Waals surface area contributed by atoms with Gasteiger partial charge in [0.15, 0.2) is 0 Å². The van der Waals surface area contributed by atoms with E-state index in [9.17, 15) is 4.79 Å².